The zero-order chi connectivity index (χ0) is 19.3. The molecule has 0 spiro atoms. The van der Waals surface area contributed by atoms with Gasteiger partial charge in [-0.1, -0.05) is 0 Å². The number of rotatable bonds is 5. The van der Waals surface area contributed by atoms with E-state index in [0.717, 1.165) is 18.2 Å². The third-order valence-corrected chi connectivity index (χ3v) is 2.96. The van der Waals surface area contributed by atoms with E-state index in [9.17, 15) is 19.3 Å². The Balaban J connectivity index is 2.22. The second-order valence-corrected chi connectivity index (χ2v) is 6.25. The van der Waals surface area contributed by atoms with Crippen molar-refractivity contribution >= 4 is 17.7 Å². The molecular weight excluding hydrogens is 343 g/mol. The van der Waals surface area contributed by atoms with Crippen LogP contribution in [-0.4, -0.2) is 21.5 Å². The van der Waals surface area contributed by atoms with Gasteiger partial charge in [-0.25, -0.2) is 9.18 Å². The number of nitro groups is 1. The van der Waals surface area contributed by atoms with Crippen molar-refractivity contribution in [3.63, 3.8) is 0 Å². The van der Waals surface area contributed by atoms with Gasteiger partial charge in [-0.05, 0) is 39.0 Å². The molecule has 0 saturated carbocycles. The average molecular weight is 360 g/mol. The van der Waals surface area contributed by atoms with Crippen molar-refractivity contribution in [3.8, 4) is 11.5 Å². The number of pyridine rings is 1. The Morgan fingerprint density at radius 3 is 2.62 bits per heavy atom. The molecule has 7 nitrogen and oxygen atoms in total. The molecule has 0 atom stereocenters. The molecule has 0 fully saturated rings. The predicted molar refractivity (Wildman–Crippen MR) is 92.2 cm³/mol. The van der Waals surface area contributed by atoms with Crippen LogP contribution in [0.4, 0.5) is 10.1 Å². The van der Waals surface area contributed by atoms with Gasteiger partial charge in [0.05, 0.1) is 11.0 Å². The van der Waals surface area contributed by atoms with E-state index >= 15 is 0 Å². The SMILES string of the molecule is CC(C)(C)OC(=O)/C=C/c1cnccc1Oc1ccc([N+](=O)[O-])cc1F. The van der Waals surface area contributed by atoms with E-state index in [1.807, 2.05) is 0 Å². The minimum absolute atomic E-state index is 0.186. The van der Waals surface area contributed by atoms with Crippen LogP contribution in [-0.2, 0) is 9.53 Å². The van der Waals surface area contributed by atoms with Crippen LogP contribution in [0.1, 0.15) is 26.3 Å². The summed E-state index contributed by atoms with van der Waals surface area (Å²) in [6.07, 6.45) is 5.50. The van der Waals surface area contributed by atoms with Gasteiger partial charge in [0, 0.05) is 30.1 Å². The Labute approximate surface area is 149 Å². The van der Waals surface area contributed by atoms with E-state index in [1.165, 1.54) is 30.6 Å². The highest BCUT2D eigenvalue weighted by Crippen LogP contribution is 2.29. The van der Waals surface area contributed by atoms with Crippen molar-refractivity contribution in [1.29, 1.82) is 0 Å². The summed E-state index contributed by atoms with van der Waals surface area (Å²) in [5.74, 6) is -1.38. The third kappa shape index (κ3) is 5.37. The van der Waals surface area contributed by atoms with Crippen LogP contribution in [0.15, 0.2) is 42.7 Å². The van der Waals surface area contributed by atoms with Crippen molar-refractivity contribution in [3.05, 3.63) is 64.2 Å². The number of halogens is 1. The van der Waals surface area contributed by atoms with Gasteiger partial charge in [0.25, 0.3) is 5.69 Å². The molecule has 1 aromatic carbocycles. The zero-order valence-corrected chi connectivity index (χ0v) is 14.4. The first-order valence-electron chi connectivity index (χ1n) is 7.62. The first kappa shape index (κ1) is 19.0. The summed E-state index contributed by atoms with van der Waals surface area (Å²) in [4.78, 5) is 25.7. The summed E-state index contributed by atoms with van der Waals surface area (Å²) >= 11 is 0. The maximum Gasteiger partial charge on any atom is 0.331 e. The average Bonchev–Trinajstić information content (AvgIpc) is 2.54. The molecule has 136 valence electrons. The first-order valence-corrected chi connectivity index (χ1v) is 7.62. The van der Waals surface area contributed by atoms with E-state index in [4.69, 9.17) is 9.47 Å². The Bertz CT molecular complexity index is 859. The number of hydrogen-bond acceptors (Lipinski definition) is 6. The van der Waals surface area contributed by atoms with Crippen LogP contribution in [0.25, 0.3) is 6.08 Å². The lowest BCUT2D eigenvalue weighted by Gasteiger charge is -2.17. The molecule has 0 N–H and O–H groups in total. The van der Waals surface area contributed by atoms with Gasteiger partial charge in [-0.15, -0.1) is 0 Å². The largest absolute Gasteiger partial charge is 0.457 e. The molecule has 8 heteroatoms. The van der Waals surface area contributed by atoms with Crippen molar-refractivity contribution in [2.45, 2.75) is 26.4 Å². The molecule has 0 saturated heterocycles. The summed E-state index contributed by atoms with van der Waals surface area (Å²) in [5, 5.41) is 10.7. The van der Waals surface area contributed by atoms with E-state index in [0.29, 0.717) is 5.56 Å². The molecular formula is C18H17FN2O5. The van der Waals surface area contributed by atoms with Crippen molar-refractivity contribution in [1.82, 2.24) is 4.98 Å². The Morgan fingerprint density at radius 2 is 2.00 bits per heavy atom. The number of ether oxygens (including phenoxy) is 2. The molecule has 0 unspecified atom stereocenters. The van der Waals surface area contributed by atoms with Crippen LogP contribution in [0.3, 0.4) is 0 Å². The van der Waals surface area contributed by atoms with E-state index in [1.54, 1.807) is 20.8 Å². The van der Waals surface area contributed by atoms with Gasteiger partial charge in [0.2, 0.25) is 0 Å². The highest BCUT2D eigenvalue weighted by Gasteiger charge is 2.15. The zero-order valence-electron chi connectivity index (χ0n) is 14.4. The molecule has 2 rings (SSSR count). The summed E-state index contributed by atoms with van der Waals surface area (Å²) in [5.41, 5.74) is -0.594. The molecule has 0 aliphatic rings. The second-order valence-electron chi connectivity index (χ2n) is 6.25. The van der Waals surface area contributed by atoms with Crippen LogP contribution in [0, 0.1) is 15.9 Å². The number of esters is 1. The summed E-state index contributed by atoms with van der Waals surface area (Å²) < 4.78 is 24.6. The van der Waals surface area contributed by atoms with Gasteiger partial charge < -0.3 is 9.47 Å². The lowest BCUT2D eigenvalue weighted by molar-refractivity contribution is -0.385. The minimum Gasteiger partial charge on any atom is -0.457 e. The highest BCUT2D eigenvalue weighted by atomic mass is 19.1. The van der Waals surface area contributed by atoms with Crippen LogP contribution < -0.4 is 4.74 Å². The van der Waals surface area contributed by atoms with Crippen molar-refractivity contribution < 1.29 is 23.6 Å². The van der Waals surface area contributed by atoms with Crippen LogP contribution in [0.5, 0.6) is 11.5 Å². The highest BCUT2D eigenvalue weighted by molar-refractivity contribution is 5.87. The Kier molecular flexibility index (Phi) is 5.66. The van der Waals surface area contributed by atoms with Crippen LogP contribution in [0.2, 0.25) is 0 Å². The minimum atomic E-state index is -0.877. The third-order valence-electron chi connectivity index (χ3n) is 2.96. The van der Waals surface area contributed by atoms with Gasteiger partial charge in [0.1, 0.15) is 11.4 Å². The Morgan fingerprint density at radius 1 is 1.27 bits per heavy atom. The smallest absolute Gasteiger partial charge is 0.331 e. The molecule has 1 aromatic heterocycles. The maximum absolute atomic E-state index is 14.0. The lowest BCUT2D eigenvalue weighted by Crippen LogP contribution is -2.22. The van der Waals surface area contributed by atoms with Gasteiger partial charge in [0.15, 0.2) is 11.6 Å². The Hall–Kier alpha value is -3.29. The van der Waals surface area contributed by atoms with E-state index in [2.05, 4.69) is 4.98 Å². The van der Waals surface area contributed by atoms with Crippen molar-refractivity contribution in [2.75, 3.05) is 0 Å². The maximum atomic E-state index is 14.0. The number of carbonyl (C=O) groups excluding carboxylic acids is 1. The molecule has 2 aromatic rings. The van der Waals surface area contributed by atoms with E-state index < -0.39 is 22.3 Å². The van der Waals surface area contributed by atoms with E-state index in [-0.39, 0.29) is 17.2 Å². The molecule has 26 heavy (non-hydrogen) atoms. The summed E-state index contributed by atoms with van der Waals surface area (Å²) in [7, 11) is 0. The standard InChI is InChI=1S/C18H17FN2O5/c1-18(2,3)26-17(22)7-4-12-11-20-9-8-15(12)25-16-6-5-13(21(23)24)10-14(16)19/h4-11H,1-3H3/b7-4+. The second kappa shape index (κ2) is 7.73. The molecule has 0 bridgehead atoms. The molecule has 0 aliphatic heterocycles. The topological polar surface area (TPSA) is 91.6 Å². The molecule has 0 amide bonds. The number of nitro benzene ring substituents is 1. The molecule has 1 heterocycles. The fraction of sp³-hybridized carbons (Fsp3) is 0.222. The monoisotopic (exact) mass is 360 g/mol. The van der Waals surface area contributed by atoms with Crippen LogP contribution >= 0.6 is 0 Å². The number of hydrogen-bond donors (Lipinski definition) is 0. The summed E-state index contributed by atoms with van der Waals surface area (Å²) in [6, 6.07) is 4.55. The number of aromatic nitrogens is 1. The fourth-order valence-corrected chi connectivity index (χ4v) is 1.91. The van der Waals surface area contributed by atoms with Crippen molar-refractivity contribution in [2.24, 2.45) is 0 Å². The predicted octanol–water partition coefficient (Wildman–Crippen LogP) is 4.28. The normalized spacial score (nSPS) is 11.4. The quantitative estimate of drug-likeness (QED) is 0.342. The first-order chi connectivity index (χ1) is 12.2. The number of nitrogens with zero attached hydrogens (tertiary/aromatic N) is 2. The number of carbonyl (C=O) groups is 1. The number of benzene rings is 1. The van der Waals surface area contributed by atoms with Gasteiger partial charge >= 0.3 is 5.97 Å². The molecule has 0 aliphatic carbocycles. The summed E-state index contributed by atoms with van der Waals surface area (Å²) in [6.45, 7) is 5.23. The number of non-ortho nitro benzene ring substituents is 1. The molecule has 0 radical (unpaired) electrons. The fourth-order valence-electron chi connectivity index (χ4n) is 1.91. The van der Waals surface area contributed by atoms with Gasteiger partial charge in [-0.3, -0.25) is 15.1 Å². The van der Waals surface area contributed by atoms with Gasteiger partial charge in [-0.2, -0.15) is 0 Å². The lowest BCUT2D eigenvalue weighted by atomic mass is 10.2.